The second-order valence-corrected chi connectivity index (χ2v) is 8.98. The average Bonchev–Trinajstić information content (AvgIpc) is 3.10. The maximum Gasteiger partial charge on any atom is 0.158 e. The van der Waals surface area contributed by atoms with Crippen LogP contribution < -0.4 is 20.4 Å². The summed E-state index contributed by atoms with van der Waals surface area (Å²) in [6, 6.07) is 10.4. The van der Waals surface area contributed by atoms with Gasteiger partial charge in [-0.2, -0.15) is 0 Å². The predicted molar refractivity (Wildman–Crippen MR) is 121 cm³/mol. The second-order valence-electron chi connectivity index (χ2n) is 8.98. The molecule has 1 saturated heterocycles. The van der Waals surface area contributed by atoms with Gasteiger partial charge in [-0.25, -0.2) is 9.97 Å². The maximum atomic E-state index is 5.00. The third kappa shape index (κ3) is 4.06. The summed E-state index contributed by atoms with van der Waals surface area (Å²) < 4.78 is 0. The number of nitrogens with zero attached hydrogens (tertiary/aromatic N) is 4. The highest BCUT2D eigenvalue weighted by molar-refractivity contribution is 5.77. The highest BCUT2D eigenvalue weighted by Crippen LogP contribution is 2.41. The molecule has 2 N–H and O–H groups in total. The molecule has 2 aliphatic rings. The molecule has 4 heterocycles. The van der Waals surface area contributed by atoms with Gasteiger partial charge < -0.3 is 20.4 Å². The number of hydrogen-bond donors (Lipinski definition) is 2. The van der Waals surface area contributed by atoms with Crippen molar-refractivity contribution >= 4 is 23.0 Å². The summed E-state index contributed by atoms with van der Waals surface area (Å²) in [6.07, 6.45) is 2.86. The fraction of sp³-hybridized carbons (Fsp3) is 0.391. The van der Waals surface area contributed by atoms with Crippen LogP contribution in [0.15, 0.2) is 55.5 Å². The number of aromatic nitrogens is 2. The van der Waals surface area contributed by atoms with Gasteiger partial charge in [-0.05, 0) is 36.1 Å². The first-order chi connectivity index (χ1) is 13.8. The standard InChI is InChI=1S/C23H30N6/c1-16(25-15-23(3,4)5)19-9-10-20-22(27-19)29(18-11-13-28(20)14-18)17(2)26-21-8-6-7-12-24-21/h6-10,12,18,25H,1-2,11,13-15H2,3-5H3,(H,24,26). The van der Waals surface area contributed by atoms with Gasteiger partial charge in [0.15, 0.2) is 5.82 Å². The molecule has 0 radical (unpaired) electrons. The molecular weight excluding hydrogens is 360 g/mol. The molecule has 0 aromatic carbocycles. The molecule has 6 nitrogen and oxygen atoms in total. The van der Waals surface area contributed by atoms with Gasteiger partial charge in [0.1, 0.15) is 11.6 Å². The van der Waals surface area contributed by atoms with E-state index in [1.165, 1.54) is 0 Å². The Labute approximate surface area is 173 Å². The first-order valence-electron chi connectivity index (χ1n) is 10.2. The van der Waals surface area contributed by atoms with Crippen LogP contribution in [0.2, 0.25) is 0 Å². The minimum absolute atomic E-state index is 0.175. The summed E-state index contributed by atoms with van der Waals surface area (Å²) in [6.45, 7) is 18.0. The van der Waals surface area contributed by atoms with E-state index >= 15 is 0 Å². The van der Waals surface area contributed by atoms with Crippen LogP contribution in [-0.2, 0) is 0 Å². The van der Waals surface area contributed by atoms with Crippen molar-refractivity contribution < 1.29 is 0 Å². The van der Waals surface area contributed by atoms with E-state index < -0.39 is 0 Å². The van der Waals surface area contributed by atoms with Crippen LogP contribution in [0, 0.1) is 5.41 Å². The summed E-state index contributed by atoms with van der Waals surface area (Å²) in [7, 11) is 0. The second kappa shape index (κ2) is 7.43. The number of nitrogens with one attached hydrogen (secondary N) is 2. The molecule has 2 aliphatic heterocycles. The fourth-order valence-electron chi connectivity index (χ4n) is 3.83. The lowest BCUT2D eigenvalue weighted by Gasteiger charge is -2.38. The van der Waals surface area contributed by atoms with Crippen molar-refractivity contribution in [3.05, 3.63) is 61.2 Å². The molecule has 29 heavy (non-hydrogen) atoms. The maximum absolute atomic E-state index is 5.00. The number of pyridine rings is 2. The quantitative estimate of drug-likeness (QED) is 0.776. The zero-order chi connectivity index (χ0) is 20.6. The molecule has 1 atom stereocenters. The zero-order valence-corrected chi connectivity index (χ0v) is 17.6. The minimum atomic E-state index is 0.175. The summed E-state index contributed by atoms with van der Waals surface area (Å²) in [5.41, 5.74) is 3.04. The Balaban J connectivity index is 1.62. The van der Waals surface area contributed by atoms with Crippen LogP contribution in [-0.4, -0.2) is 35.6 Å². The summed E-state index contributed by atoms with van der Waals surface area (Å²) in [4.78, 5) is 14.0. The van der Waals surface area contributed by atoms with Crippen LogP contribution in [0.4, 0.5) is 17.3 Å². The van der Waals surface area contributed by atoms with Gasteiger partial charge in [0, 0.05) is 25.8 Å². The Bertz CT molecular complexity index is 915. The fourth-order valence-corrected chi connectivity index (χ4v) is 3.83. The summed E-state index contributed by atoms with van der Waals surface area (Å²) in [5, 5.41) is 6.78. The third-order valence-electron chi connectivity index (χ3n) is 5.32. The van der Waals surface area contributed by atoms with Gasteiger partial charge in [-0.3, -0.25) is 0 Å². The zero-order valence-electron chi connectivity index (χ0n) is 17.6. The molecule has 2 bridgehead atoms. The van der Waals surface area contributed by atoms with E-state index in [4.69, 9.17) is 4.98 Å². The monoisotopic (exact) mass is 390 g/mol. The van der Waals surface area contributed by atoms with Gasteiger partial charge in [0.05, 0.1) is 23.1 Å². The first-order valence-corrected chi connectivity index (χ1v) is 10.2. The Morgan fingerprint density at radius 1 is 1.21 bits per heavy atom. The highest BCUT2D eigenvalue weighted by Gasteiger charge is 2.38. The lowest BCUT2D eigenvalue weighted by Crippen LogP contribution is -2.43. The topological polar surface area (TPSA) is 56.3 Å². The molecule has 4 rings (SSSR count). The van der Waals surface area contributed by atoms with E-state index in [1.54, 1.807) is 6.20 Å². The lowest BCUT2D eigenvalue weighted by atomic mass is 9.97. The van der Waals surface area contributed by atoms with Crippen LogP contribution in [0.5, 0.6) is 0 Å². The van der Waals surface area contributed by atoms with Crippen molar-refractivity contribution in [2.75, 3.05) is 34.8 Å². The molecule has 6 heteroatoms. The number of fused-ring (bicyclic) bond motifs is 4. The average molecular weight is 391 g/mol. The van der Waals surface area contributed by atoms with Crippen molar-refractivity contribution in [1.82, 2.24) is 15.3 Å². The smallest absolute Gasteiger partial charge is 0.158 e. The number of hydrogen-bond acceptors (Lipinski definition) is 6. The molecule has 0 spiro atoms. The third-order valence-corrected chi connectivity index (χ3v) is 5.32. The van der Waals surface area contributed by atoms with Crippen molar-refractivity contribution in [3.8, 4) is 0 Å². The van der Waals surface area contributed by atoms with Crippen LogP contribution >= 0.6 is 0 Å². The molecule has 1 fully saturated rings. The van der Waals surface area contributed by atoms with E-state index in [-0.39, 0.29) is 5.41 Å². The van der Waals surface area contributed by atoms with Gasteiger partial charge in [0.25, 0.3) is 0 Å². The summed E-state index contributed by atoms with van der Waals surface area (Å²) in [5.74, 6) is 2.52. The van der Waals surface area contributed by atoms with Crippen molar-refractivity contribution in [2.45, 2.75) is 33.2 Å². The van der Waals surface area contributed by atoms with Crippen LogP contribution in [0.3, 0.4) is 0 Å². The molecule has 152 valence electrons. The van der Waals surface area contributed by atoms with E-state index in [1.807, 2.05) is 18.2 Å². The van der Waals surface area contributed by atoms with Crippen molar-refractivity contribution in [2.24, 2.45) is 5.41 Å². The minimum Gasteiger partial charge on any atom is -0.383 e. The largest absolute Gasteiger partial charge is 0.383 e. The first kappa shape index (κ1) is 19.3. The Morgan fingerprint density at radius 3 is 2.76 bits per heavy atom. The predicted octanol–water partition coefficient (Wildman–Crippen LogP) is 4.07. The number of anilines is 3. The van der Waals surface area contributed by atoms with Crippen molar-refractivity contribution in [3.63, 3.8) is 0 Å². The van der Waals surface area contributed by atoms with Crippen LogP contribution in [0.1, 0.15) is 32.9 Å². The molecule has 0 amide bonds. The van der Waals surface area contributed by atoms with Gasteiger partial charge in [-0.15, -0.1) is 0 Å². The van der Waals surface area contributed by atoms with E-state index in [0.29, 0.717) is 6.04 Å². The van der Waals surface area contributed by atoms with Crippen LogP contribution in [0.25, 0.3) is 5.70 Å². The van der Waals surface area contributed by atoms with E-state index in [0.717, 1.165) is 60.6 Å². The molecule has 0 saturated carbocycles. The van der Waals surface area contributed by atoms with E-state index in [9.17, 15) is 0 Å². The Morgan fingerprint density at radius 2 is 2.03 bits per heavy atom. The van der Waals surface area contributed by atoms with E-state index in [2.05, 4.69) is 71.5 Å². The molecular formula is C23H30N6. The molecule has 2 aromatic heterocycles. The van der Waals surface area contributed by atoms with Gasteiger partial charge in [-0.1, -0.05) is 40.0 Å². The highest BCUT2D eigenvalue weighted by atomic mass is 15.4. The molecule has 2 aromatic rings. The normalized spacial score (nSPS) is 17.7. The molecule has 0 aliphatic carbocycles. The number of rotatable bonds is 6. The van der Waals surface area contributed by atoms with Crippen molar-refractivity contribution in [1.29, 1.82) is 0 Å². The van der Waals surface area contributed by atoms with Gasteiger partial charge >= 0.3 is 0 Å². The Kier molecular flexibility index (Phi) is 4.94. The molecule has 1 unspecified atom stereocenters. The Hall–Kier alpha value is -3.02. The lowest BCUT2D eigenvalue weighted by molar-refractivity contribution is 0.405. The SMILES string of the molecule is C=C(NCC(C)(C)C)c1ccc2c(n1)N(C(=C)Nc1ccccn1)C1CCN2C1. The summed E-state index contributed by atoms with van der Waals surface area (Å²) >= 11 is 0. The van der Waals surface area contributed by atoms with Gasteiger partial charge in [0.2, 0.25) is 0 Å².